The Labute approximate surface area is 163 Å². The van der Waals surface area contributed by atoms with E-state index in [0.717, 1.165) is 23.4 Å². The number of anilines is 1. The first-order valence-corrected chi connectivity index (χ1v) is 9.41. The van der Waals surface area contributed by atoms with Crippen molar-refractivity contribution in [2.24, 2.45) is 0 Å². The highest BCUT2D eigenvalue weighted by molar-refractivity contribution is 5.96. The zero-order valence-electron chi connectivity index (χ0n) is 16.6. The van der Waals surface area contributed by atoms with Gasteiger partial charge in [-0.15, -0.1) is 0 Å². The molecule has 1 aliphatic heterocycles. The Balaban J connectivity index is 1.77. The van der Waals surface area contributed by atoms with Crippen LogP contribution in [0.25, 0.3) is 11.1 Å². The van der Waals surface area contributed by atoms with Gasteiger partial charge in [-0.25, -0.2) is 4.79 Å². The number of carbonyl (C=O) groups is 1. The van der Waals surface area contributed by atoms with E-state index in [9.17, 15) is 9.59 Å². The molecule has 0 unspecified atom stereocenters. The van der Waals surface area contributed by atoms with E-state index in [2.05, 4.69) is 20.8 Å². The number of para-hydroxylation sites is 2. The first kappa shape index (κ1) is 18.3. The highest BCUT2D eigenvalue weighted by Gasteiger charge is 2.40. The van der Waals surface area contributed by atoms with E-state index in [1.165, 1.54) is 4.57 Å². The number of benzene rings is 2. The first-order valence-electron chi connectivity index (χ1n) is 9.41. The third-order valence-corrected chi connectivity index (χ3v) is 5.53. The van der Waals surface area contributed by atoms with Crippen molar-refractivity contribution in [2.75, 3.05) is 12.0 Å². The van der Waals surface area contributed by atoms with Crippen LogP contribution in [0.5, 0.6) is 5.75 Å². The summed E-state index contributed by atoms with van der Waals surface area (Å²) in [6.45, 7) is 6.21. The van der Waals surface area contributed by atoms with Gasteiger partial charge in [-0.05, 0) is 62.1 Å². The van der Waals surface area contributed by atoms with Crippen molar-refractivity contribution in [3.05, 3.63) is 58.6 Å². The topological polar surface area (TPSA) is 64.7 Å². The maximum Gasteiger partial charge on any atom is 0.420 e. The van der Waals surface area contributed by atoms with Crippen LogP contribution in [0.2, 0.25) is 0 Å². The van der Waals surface area contributed by atoms with Gasteiger partial charge in [0.05, 0.1) is 12.6 Å². The van der Waals surface area contributed by atoms with Gasteiger partial charge in [0, 0.05) is 11.2 Å². The monoisotopic (exact) mass is 380 g/mol. The van der Waals surface area contributed by atoms with Gasteiger partial charge in [-0.2, -0.15) is 0 Å². The number of nitrogens with zero attached hydrogens (tertiary/aromatic N) is 2. The average Bonchev–Trinajstić information content (AvgIpc) is 2.96. The molecule has 28 heavy (non-hydrogen) atoms. The van der Waals surface area contributed by atoms with Crippen molar-refractivity contribution in [3.8, 4) is 5.75 Å². The molecule has 4 rings (SSSR count). The molecule has 0 N–H and O–H groups in total. The van der Waals surface area contributed by atoms with Crippen LogP contribution < -0.4 is 15.4 Å². The summed E-state index contributed by atoms with van der Waals surface area (Å²) in [5.41, 5.74) is 2.68. The van der Waals surface area contributed by atoms with E-state index < -0.39 is 5.76 Å². The van der Waals surface area contributed by atoms with Crippen molar-refractivity contribution in [1.82, 2.24) is 4.57 Å². The van der Waals surface area contributed by atoms with Gasteiger partial charge < -0.3 is 14.1 Å². The lowest BCUT2D eigenvalue weighted by atomic mass is 9.80. The van der Waals surface area contributed by atoms with Crippen LogP contribution in [0.4, 0.5) is 5.69 Å². The molecule has 0 aliphatic carbocycles. The number of aromatic nitrogens is 1. The van der Waals surface area contributed by atoms with E-state index in [1.54, 1.807) is 25.3 Å². The molecule has 1 aliphatic rings. The van der Waals surface area contributed by atoms with Crippen molar-refractivity contribution in [2.45, 2.75) is 45.2 Å². The summed E-state index contributed by atoms with van der Waals surface area (Å²) >= 11 is 0. The fraction of sp³-hybridized carbons (Fsp3) is 0.364. The van der Waals surface area contributed by atoms with Crippen LogP contribution in [-0.2, 0) is 11.3 Å². The molecule has 2 heterocycles. The van der Waals surface area contributed by atoms with Crippen molar-refractivity contribution in [3.63, 3.8) is 0 Å². The van der Waals surface area contributed by atoms with Gasteiger partial charge in [0.25, 0.3) is 0 Å². The van der Waals surface area contributed by atoms with Crippen molar-refractivity contribution >= 4 is 22.7 Å². The van der Waals surface area contributed by atoms with Gasteiger partial charge in [0.1, 0.15) is 12.3 Å². The second kappa shape index (κ2) is 6.55. The Morgan fingerprint density at radius 3 is 2.75 bits per heavy atom. The number of fused-ring (bicyclic) bond motifs is 2. The van der Waals surface area contributed by atoms with Crippen LogP contribution in [0, 0.1) is 0 Å². The molecule has 6 heteroatoms. The third-order valence-electron chi connectivity index (χ3n) is 5.53. The zero-order valence-corrected chi connectivity index (χ0v) is 16.6. The molecule has 146 valence electrons. The molecule has 0 radical (unpaired) electrons. The molecule has 1 atom stereocenters. The molecule has 6 nitrogen and oxygen atoms in total. The van der Waals surface area contributed by atoms with E-state index in [1.807, 2.05) is 29.2 Å². The van der Waals surface area contributed by atoms with Crippen LogP contribution in [-0.4, -0.2) is 23.1 Å². The normalized spacial score (nSPS) is 18.1. The van der Waals surface area contributed by atoms with E-state index in [4.69, 9.17) is 9.15 Å². The first-order chi connectivity index (χ1) is 13.3. The fourth-order valence-electron chi connectivity index (χ4n) is 4.38. The van der Waals surface area contributed by atoms with E-state index in [0.29, 0.717) is 17.0 Å². The maximum absolute atomic E-state index is 13.4. The standard InChI is InChI=1S/C22H24N2O4/c1-14-12-22(2,3)24(17-10-9-15(27-4)11-16(14)17)20(25)13-23-18-7-5-6-8-19(18)28-21(23)26/h5-11,14H,12-13H2,1-4H3/t14-/m0/s1. The van der Waals surface area contributed by atoms with E-state index in [-0.39, 0.29) is 18.0 Å². The Bertz CT molecular complexity index is 1110. The number of hydrogen-bond donors (Lipinski definition) is 0. The molecule has 1 aromatic heterocycles. The Kier molecular flexibility index (Phi) is 4.29. The predicted octanol–water partition coefficient (Wildman–Crippen LogP) is 3.92. The summed E-state index contributed by atoms with van der Waals surface area (Å²) in [5.74, 6) is 0.404. The summed E-state index contributed by atoms with van der Waals surface area (Å²) in [6.07, 6.45) is 0.819. The van der Waals surface area contributed by atoms with Gasteiger partial charge >= 0.3 is 5.76 Å². The molecule has 0 saturated carbocycles. The summed E-state index contributed by atoms with van der Waals surface area (Å²) in [5, 5.41) is 0. The number of hydrogen-bond acceptors (Lipinski definition) is 4. The molecule has 0 fully saturated rings. The third kappa shape index (κ3) is 2.89. The average molecular weight is 380 g/mol. The Hall–Kier alpha value is -3.02. The molecule has 2 aromatic carbocycles. The zero-order chi connectivity index (χ0) is 20.1. The van der Waals surface area contributed by atoms with Crippen LogP contribution in [0.3, 0.4) is 0 Å². The van der Waals surface area contributed by atoms with Crippen LogP contribution >= 0.6 is 0 Å². The number of rotatable bonds is 3. The summed E-state index contributed by atoms with van der Waals surface area (Å²) < 4.78 is 12.0. The van der Waals surface area contributed by atoms with Crippen LogP contribution in [0.1, 0.15) is 38.7 Å². The second-order valence-electron chi connectivity index (χ2n) is 7.99. The smallest absolute Gasteiger partial charge is 0.420 e. The van der Waals surface area contributed by atoms with Gasteiger partial charge in [-0.3, -0.25) is 9.36 Å². The summed E-state index contributed by atoms with van der Waals surface area (Å²) in [6, 6.07) is 12.9. The van der Waals surface area contributed by atoms with E-state index >= 15 is 0 Å². The lowest BCUT2D eigenvalue weighted by Gasteiger charge is -2.46. The van der Waals surface area contributed by atoms with Gasteiger partial charge in [-0.1, -0.05) is 19.1 Å². The van der Waals surface area contributed by atoms with Crippen molar-refractivity contribution in [1.29, 1.82) is 0 Å². The second-order valence-corrected chi connectivity index (χ2v) is 7.99. The largest absolute Gasteiger partial charge is 0.497 e. The highest BCUT2D eigenvalue weighted by atomic mass is 16.5. The Morgan fingerprint density at radius 2 is 2.00 bits per heavy atom. The molecular weight excluding hydrogens is 356 g/mol. The predicted molar refractivity (Wildman–Crippen MR) is 108 cm³/mol. The maximum atomic E-state index is 13.4. The van der Waals surface area contributed by atoms with Gasteiger partial charge in [0.15, 0.2) is 5.58 Å². The summed E-state index contributed by atoms with van der Waals surface area (Å²) in [4.78, 5) is 27.5. The molecule has 1 amide bonds. The number of oxazole rings is 1. The SMILES string of the molecule is COc1ccc2c(c1)[C@@H](C)CC(C)(C)N2C(=O)Cn1c(=O)oc2ccccc21. The molecule has 0 bridgehead atoms. The van der Waals surface area contributed by atoms with Crippen molar-refractivity contribution < 1.29 is 13.9 Å². The minimum absolute atomic E-state index is 0.0703. The van der Waals surface area contributed by atoms with Gasteiger partial charge in [0.2, 0.25) is 5.91 Å². The molecule has 3 aromatic rings. The number of carbonyl (C=O) groups excluding carboxylic acids is 1. The van der Waals surface area contributed by atoms with Crippen LogP contribution in [0.15, 0.2) is 51.7 Å². The lowest BCUT2D eigenvalue weighted by molar-refractivity contribution is -0.120. The number of ether oxygens (including phenoxy) is 1. The molecule has 0 spiro atoms. The fourth-order valence-corrected chi connectivity index (χ4v) is 4.38. The number of amides is 1. The quantitative estimate of drug-likeness (QED) is 0.691. The number of methoxy groups -OCH3 is 1. The highest BCUT2D eigenvalue weighted by Crippen LogP contribution is 2.44. The Morgan fingerprint density at radius 1 is 1.25 bits per heavy atom. The minimum Gasteiger partial charge on any atom is -0.497 e. The lowest BCUT2D eigenvalue weighted by Crippen LogP contribution is -2.53. The molecular formula is C22H24N2O4. The molecule has 0 saturated heterocycles. The summed E-state index contributed by atoms with van der Waals surface area (Å²) in [7, 11) is 1.64. The minimum atomic E-state index is -0.521.